The summed E-state index contributed by atoms with van der Waals surface area (Å²) < 4.78 is 12.0. The maximum absolute atomic E-state index is 6.26. The molecule has 0 aliphatic carbocycles. The van der Waals surface area contributed by atoms with Crippen LogP contribution in [0.5, 0.6) is 0 Å². The molecule has 0 spiro atoms. The van der Waals surface area contributed by atoms with E-state index < -0.39 is 0 Å². The predicted octanol–water partition coefficient (Wildman–Crippen LogP) is 4.16. The molecule has 0 saturated carbocycles. The quantitative estimate of drug-likeness (QED) is 0.890. The average Bonchev–Trinajstić information content (AvgIpc) is 3.02. The van der Waals surface area contributed by atoms with Gasteiger partial charge in [0.25, 0.3) is 0 Å². The van der Waals surface area contributed by atoms with Crippen molar-refractivity contribution in [1.82, 2.24) is 5.32 Å². The third-order valence-corrected chi connectivity index (χ3v) is 5.69. The van der Waals surface area contributed by atoms with Crippen molar-refractivity contribution in [3.8, 4) is 0 Å². The van der Waals surface area contributed by atoms with Gasteiger partial charge in [-0.1, -0.05) is 29.3 Å². The lowest BCUT2D eigenvalue weighted by Crippen LogP contribution is -2.44. The van der Waals surface area contributed by atoms with Crippen molar-refractivity contribution in [2.45, 2.75) is 50.4 Å². The Labute approximate surface area is 142 Å². The minimum Gasteiger partial charge on any atom is -0.353 e. The minimum atomic E-state index is -0.0796. The van der Waals surface area contributed by atoms with Crippen LogP contribution < -0.4 is 5.32 Å². The van der Waals surface area contributed by atoms with Crippen molar-refractivity contribution in [2.24, 2.45) is 0 Å². The fourth-order valence-corrected chi connectivity index (χ4v) is 3.82. The first-order chi connectivity index (χ1) is 10.6. The molecule has 2 aliphatic heterocycles. The second-order valence-corrected chi connectivity index (χ2v) is 7.10. The highest BCUT2D eigenvalue weighted by Crippen LogP contribution is 2.39. The van der Waals surface area contributed by atoms with Gasteiger partial charge in [-0.3, -0.25) is 0 Å². The van der Waals surface area contributed by atoms with E-state index >= 15 is 0 Å². The van der Waals surface area contributed by atoms with Crippen molar-refractivity contribution >= 4 is 23.2 Å². The van der Waals surface area contributed by atoms with Gasteiger partial charge in [0.1, 0.15) is 0 Å². The van der Waals surface area contributed by atoms with E-state index in [4.69, 9.17) is 32.7 Å². The molecule has 2 fully saturated rings. The summed E-state index contributed by atoms with van der Waals surface area (Å²) in [4.78, 5) is 0. The van der Waals surface area contributed by atoms with E-state index in [1.54, 1.807) is 0 Å². The second-order valence-electron chi connectivity index (χ2n) is 6.29. The Hall–Kier alpha value is -0.320. The van der Waals surface area contributed by atoms with Gasteiger partial charge in [0.15, 0.2) is 6.29 Å². The summed E-state index contributed by atoms with van der Waals surface area (Å²) in [5, 5.41) is 4.66. The molecule has 0 amide bonds. The molecule has 3 atom stereocenters. The van der Waals surface area contributed by atoms with Gasteiger partial charge < -0.3 is 14.8 Å². The standard InChI is InChI=1S/C17H23Cl2NO2/c1-12(22-16-4-2-3-9-21-16)17(7-8-20-11-17)13-5-6-14(18)15(19)10-13/h5-6,10,12,16,20H,2-4,7-9,11H2,1H3. The Morgan fingerprint density at radius 2 is 2.18 bits per heavy atom. The fraction of sp³-hybridized carbons (Fsp3) is 0.647. The van der Waals surface area contributed by atoms with Gasteiger partial charge in [0, 0.05) is 18.6 Å². The van der Waals surface area contributed by atoms with E-state index in [9.17, 15) is 0 Å². The van der Waals surface area contributed by atoms with Crippen molar-refractivity contribution in [3.63, 3.8) is 0 Å². The van der Waals surface area contributed by atoms with Crippen LogP contribution in [0.2, 0.25) is 10.0 Å². The Morgan fingerprint density at radius 3 is 2.82 bits per heavy atom. The normalized spacial score (nSPS) is 30.4. The third kappa shape index (κ3) is 3.29. The van der Waals surface area contributed by atoms with E-state index in [-0.39, 0.29) is 17.8 Å². The van der Waals surface area contributed by atoms with Crippen molar-refractivity contribution in [3.05, 3.63) is 33.8 Å². The highest BCUT2D eigenvalue weighted by Gasteiger charge is 2.42. The molecule has 122 valence electrons. The topological polar surface area (TPSA) is 30.5 Å². The van der Waals surface area contributed by atoms with Crippen LogP contribution in [0, 0.1) is 0 Å². The van der Waals surface area contributed by atoms with Gasteiger partial charge in [-0.25, -0.2) is 0 Å². The molecule has 2 heterocycles. The fourth-order valence-electron chi connectivity index (χ4n) is 3.52. The monoisotopic (exact) mass is 343 g/mol. The molecule has 0 aromatic heterocycles. The second kappa shape index (κ2) is 7.06. The summed E-state index contributed by atoms with van der Waals surface area (Å²) in [6, 6.07) is 5.93. The smallest absolute Gasteiger partial charge is 0.157 e. The van der Waals surface area contributed by atoms with E-state index in [0.717, 1.165) is 39.0 Å². The highest BCUT2D eigenvalue weighted by molar-refractivity contribution is 6.42. The van der Waals surface area contributed by atoms with Crippen LogP contribution in [0.4, 0.5) is 0 Å². The lowest BCUT2D eigenvalue weighted by molar-refractivity contribution is -0.197. The zero-order chi connectivity index (χ0) is 15.6. The first kappa shape index (κ1) is 16.5. The van der Waals surface area contributed by atoms with E-state index in [0.29, 0.717) is 10.0 Å². The number of hydrogen-bond donors (Lipinski definition) is 1. The first-order valence-electron chi connectivity index (χ1n) is 8.05. The lowest BCUT2D eigenvalue weighted by atomic mass is 9.75. The van der Waals surface area contributed by atoms with Crippen LogP contribution in [0.15, 0.2) is 18.2 Å². The van der Waals surface area contributed by atoms with Crippen LogP contribution in [0.1, 0.15) is 38.2 Å². The number of rotatable bonds is 4. The molecule has 1 aromatic carbocycles. The van der Waals surface area contributed by atoms with E-state index in [1.165, 1.54) is 12.0 Å². The van der Waals surface area contributed by atoms with Crippen LogP contribution in [0.3, 0.4) is 0 Å². The van der Waals surface area contributed by atoms with Crippen LogP contribution in [-0.2, 0) is 14.9 Å². The maximum Gasteiger partial charge on any atom is 0.157 e. The molecular weight excluding hydrogens is 321 g/mol. The minimum absolute atomic E-state index is 0.0582. The van der Waals surface area contributed by atoms with Crippen LogP contribution in [0.25, 0.3) is 0 Å². The molecule has 0 radical (unpaired) electrons. The van der Waals surface area contributed by atoms with Crippen molar-refractivity contribution in [1.29, 1.82) is 0 Å². The summed E-state index contributed by atoms with van der Waals surface area (Å²) >= 11 is 12.3. The molecule has 5 heteroatoms. The molecule has 3 nitrogen and oxygen atoms in total. The van der Waals surface area contributed by atoms with Gasteiger partial charge in [-0.05, 0) is 56.8 Å². The molecule has 3 rings (SSSR count). The van der Waals surface area contributed by atoms with Gasteiger partial charge in [-0.2, -0.15) is 0 Å². The predicted molar refractivity (Wildman–Crippen MR) is 89.8 cm³/mol. The molecule has 22 heavy (non-hydrogen) atoms. The van der Waals surface area contributed by atoms with Gasteiger partial charge in [0.2, 0.25) is 0 Å². The largest absolute Gasteiger partial charge is 0.353 e. The molecular formula is C17H23Cl2NO2. The summed E-state index contributed by atoms with van der Waals surface area (Å²) in [6.07, 6.45) is 4.30. The Balaban J connectivity index is 1.82. The SMILES string of the molecule is CC(OC1CCCCO1)C1(c2ccc(Cl)c(Cl)c2)CCNC1. The summed E-state index contributed by atoms with van der Waals surface area (Å²) in [6.45, 7) is 4.82. The van der Waals surface area contributed by atoms with Gasteiger partial charge in [0.05, 0.1) is 16.1 Å². The molecule has 3 unspecified atom stereocenters. The Kier molecular flexibility index (Phi) is 5.31. The number of ether oxygens (including phenoxy) is 2. The molecule has 1 aromatic rings. The van der Waals surface area contributed by atoms with Crippen molar-refractivity contribution in [2.75, 3.05) is 19.7 Å². The van der Waals surface area contributed by atoms with E-state index in [2.05, 4.69) is 18.3 Å². The van der Waals surface area contributed by atoms with E-state index in [1.807, 2.05) is 12.1 Å². The van der Waals surface area contributed by atoms with Crippen LogP contribution in [-0.4, -0.2) is 32.1 Å². The average molecular weight is 344 g/mol. The van der Waals surface area contributed by atoms with Crippen molar-refractivity contribution < 1.29 is 9.47 Å². The van der Waals surface area contributed by atoms with Gasteiger partial charge >= 0.3 is 0 Å². The number of nitrogens with one attached hydrogen (secondary N) is 1. The third-order valence-electron chi connectivity index (χ3n) is 4.95. The summed E-state index contributed by atoms with van der Waals surface area (Å²) in [5.41, 5.74) is 1.12. The molecule has 1 N–H and O–H groups in total. The molecule has 2 saturated heterocycles. The number of hydrogen-bond acceptors (Lipinski definition) is 3. The highest BCUT2D eigenvalue weighted by atomic mass is 35.5. The summed E-state index contributed by atoms with van der Waals surface area (Å²) in [7, 11) is 0. The zero-order valence-corrected chi connectivity index (χ0v) is 14.4. The zero-order valence-electron chi connectivity index (χ0n) is 12.9. The first-order valence-corrected chi connectivity index (χ1v) is 8.81. The number of halogens is 2. The van der Waals surface area contributed by atoms with Gasteiger partial charge in [-0.15, -0.1) is 0 Å². The Morgan fingerprint density at radius 1 is 1.32 bits per heavy atom. The summed E-state index contributed by atoms with van der Waals surface area (Å²) in [5.74, 6) is 0. The molecule has 0 bridgehead atoms. The Bertz CT molecular complexity index is 511. The number of benzene rings is 1. The maximum atomic E-state index is 6.26. The van der Waals surface area contributed by atoms with Crippen LogP contribution >= 0.6 is 23.2 Å². The molecule has 2 aliphatic rings. The lowest BCUT2D eigenvalue weighted by Gasteiger charge is -2.38.